The molecule has 0 atom stereocenters. The van der Waals surface area contributed by atoms with Crippen molar-refractivity contribution in [2.24, 2.45) is 5.84 Å². The molecule has 0 spiro atoms. The molecule has 100 valence electrons. The SMILES string of the molecule is CN(C)NC(=O)c1cc(NN)nc(C(C)(C)C)c1. The number of rotatable bonds is 3. The van der Waals surface area contributed by atoms with Gasteiger partial charge in [0.05, 0.1) is 0 Å². The second-order valence-corrected chi connectivity index (χ2v) is 5.36. The Morgan fingerprint density at radius 2 is 1.94 bits per heavy atom. The van der Waals surface area contributed by atoms with E-state index in [1.807, 2.05) is 20.8 Å². The third-order valence-corrected chi connectivity index (χ3v) is 2.33. The maximum Gasteiger partial charge on any atom is 0.265 e. The lowest BCUT2D eigenvalue weighted by atomic mass is 9.90. The summed E-state index contributed by atoms with van der Waals surface area (Å²) < 4.78 is 0. The van der Waals surface area contributed by atoms with Crippen molar-refractivity contribution in [1.29, 1.82) is 0 Å². The largest absolute Gasteiger partial charge is 0.308 e. The highest BCUT2D eigenvalue weighted by Crippen LogP contribution is 2.23. The number of hydrazine groups is 2. The summed E-state index contributed by atoms with van der Waals surface area (Å²) in [5, 5.41) is 1.59. The highest BCUT2D eigenvalue weighted by atomic mass is 16.2. The van der Waals surface area contributed by atoms with E-state index in [2.05, 4.69) is 15.8 Å². The van der Waals surface area contributed by atoms with E-state index in [0.29, 0.717) is 11.4 Å². The molecule has 6 nitrogen and oxygen atoms in total. The van der Waals surface area contributed by atoms with Gasteiger partial charge in [0.15, 0.2) is 0 Å². The van der Waals surface area contributed by atoms with Gasteiger partial charge in [-0.25, -0.2) is 15.8 Å². The lowest BCUT2D eigenvalue weighted by Crippen LogP contribution is -2.36. The van der Waals surface area contributed by atoms with Crippen LogP contribution in [0.4, 0.5) is 5.82 Å². The minimum atomic E-state index is -0.190. The molecule has 0 saturated heterocycles. The van der Waals surface area contributed by atoms with Crippen LogP contribution in [0.1, 0.15) is 36.8 Å². The molecule has 1 aromatic rings. The molecule has 1 aromatic heterocycles. The highest BCUT2D eigenvalue weighted by molar-refractivity contribution is 5.94. The number of amides is 1. The lowest BCUT2D eigenvalue weighted by Gasteiger charge is -2.20. The second kappa shape index (κ2) is 5.32. The van der Waals surface area contributed by atoms with Crippen LogP contribution in [0.25, 0.3) is 0 Å². The van der Waals surface area contributed by atoms with E-state index < -0.39 is 0 Å². The van der Waals surface area contributed by atoms with Gasteiger partial charge in [0.25, 0.3) is 5.91 Å². The molecule has 0 aliphatic carbocycles. The Bertz CT molecular complexity index is 437. The maximum absolute atomic E-state index is 12.0. The monoisotopic (exact) mass is 251 g/mol. The number of hydrogen-bond acceptors (Lipinski definition) is 5. The summed E-state index contributed by atoms with van der Waals surface area (Å²) in [5.74, 6) is 5.67. The summed E-state index contributed by atoms with van der Waals surface area (Å²) in [6.07, 6.45) is 0. The van der Waals surface area contributed by atoms with Gasteiger partial charge in [-0.2, -0.15) is 0 Å². The fourth-order valence-electron chi connectivity index (χ4n) is 1.39. The van der Waals surface area contributed by atoms with Gasteiger partial charge in [-0.15, -0.1) is 0 Å². The average Bonchev–Trinajstić information content (AvgIpc) is 2.26. The molecule has 6 heteroatoms. The van der Waals surface area contributed by atoms with Gasteiger partial charge in [0, 0.05) is 30.8 Å². The number of hydrogen-bond donors (Lipinski definition) is 3. The zero-order chi connectivity index (χ0) is 13.9. The van der Waals surface area contributed by atoms with Crippen LogP contribution in [0.2, 0.25) is 0 Å². The molecule has 0 aliphatic rings. The Morgan fingerprint density at radius 3 is 2.39 bits per heavy atom. The second-order valence-electron chi connectivity index (χ2n) is 5.36. The number of pyridine rings is 1. The first-order valence-corrected chi connectivity index (χ1v) is 5.71. The van der Waals surface area contributed by atoms with E-state index in [4.69, 9.17) is 5.84 Å². The number of aromatic nitrogens is 1. The molecular weight excluding hydrogens is 230 g/mol. The van der Waals surface area contributed by atoms with Crippen molar-refractivity contribution in [3.63, 3.8) is 0 Å². The molecule has 0 bridgehead atoms. The van der Waals surface area contributed by atoms with Crippen molar-refractivity contribution < 1.29 is 4.79 Å². The number of carbonyl (C=O) groups excluding carboxylic acids is 1. The third-order valence-electron chi connectivity index (χ3n) is 2.33. The fraction of sp³-hybridized carbons (Fsp3) is 0.500. The van der Waals surface area contributed by atoms with E-state index in [1.54, 1.807) is 31.2 Å². The van der Waals surface area contributed by atoms with E-state index in [1.165, 1.54) is 0 Å². The van der Waals surface area contributed by atoms with Crippen LogP contribution in [0, 0.1) is 0 Å². The molecule has 18 heavy (non-hydrogen) atoms. The molecule has 1 rings (SSSR count). The van der Waals surface area contributed by atoms with Crippen LogP contribution in [0.15, 0.2) is 12.1 Å². The summed E-state index contributed by atoms with van der Waals surface area (Å²) in [6.45, 7) is 6.09. The van der Waals surface area contributed by atoms with Gasteiger partial charge in [0.2, 0.25) is 0 Å². The van der Waals surface area contributed by atoms with Crippen molar-refractivity contribution >= 4 is 11.7 Å². The summed E-state index contributed by atoms with van der Waals surface area (Å²) in [4.78, 5) is 16.3. The topological polar surface area (TPSA) is 83.3 Å². The zero-order valence-corrected chi connectivity index (χ0v) is 11.5. The molecule has 0 unspecified atom stereocenters. The van der Waals surface area contributed by atoms with Crippen molar-refractivity contribution in [3.05, 3.63) is 23.4 Å². The molecule has 1 heterocycles. The molecule has 0 fully saturated rings. The Morgan fingerprint density at radius 1 is 1.33 bits per heavy atom. The van der Waals surface area contributed by atoms with Crippen LogP contribution < -0.4 is 16.7 Å². The van der Waals surface area contributed by atoms with Crippen molar-refractivity contribution in [2.75, 3.05) is 19.5 Å². The highest BCUT2D eigenvalue weighted by Gasteiger charge is 2.19. The van der Waals surface area contributed by atoms with Crippen LogP contribution in [-0.2, 0) is 5.41 Å². The summed E-state index contributed by atoms with van der Waals surface area (Å²) in [5.41, 5.74) is 6.35. The number of anilines is 1. The van der Waals surface area contributed by atoms with Crippen LogP contribution in [0.3, 0.4) is 0 Å². The Hall–Kier alpha value is -1.66. The summed E-state index contributed by atoms with van der Waals surface area (Å²) >= 11 is 0. The first-order chi connectivity index (χ1) is 8.24. The quantitative estimate of drug-likeness (QED) is 0.548. The number of nitrogens with two attached hydrogens (primary N) is 1. The number of nitrogens with one attached hydrogen (secondary N) is 2. The van der Waals surface area contributed by atoms with E-state index in [-0.39, 0.29) is 11.3 Å². The predicted molar refractivity (Wildman–Crippen MR) is 71.9 cm³/mol. The van der Waals surface area contributed by atoms with E-state index in [0.717, 1.165) is 5.69 Å². The molecule has 0 radical (unpaired) electrons. The fourth-order valence-corrected chi connectivity index (χ4v) is 1.39. The molecule has 4 N–H and O–H groups in total. The smallest absolute Gasteiger partial charge is 0.265 e. The average molecular weight is 251 g/mol. The van der Waals surface area contributed by atoms with E-state index in [9.17, 15) is 4.79 Å². The van der Waals surface area contributed by atoms with E-state index >= 15 is 0 Å². The predicted octanol–water partition coefficient (Wildman–Crippen LogP) is 0.871. The van der Waals surface area contributed by atoms with Gasteiger partial charge >= 0.3 is 0 Å². The van der Waals surface area contributed by atoms with Gasteiger partial charge in [-0.1, -0.05) is 20.8 Å². The van der Waals surface area contributed by atoms with Crippen molar-refractivity contribution in [1.82, 2.24) is 15.4 Å². The number of nitrogen functional groups attached to an aromatic ring is 1. The van der Waals surface area contributed by atoms with Gasteiger partial charge in [-0.3, -0.25) is 10.2 Å². The van der Waals surface area contributed by atoms with Gasteiger partial charge in [-0.05, 0) is 12.1 Å². The lowest BCUT2D eigenvalue weighted by molar-refractivity contribution is 0.0856. The van der Waals surface area contributed by atoms with Crippen LogP contribution in [0.5, 0.6) is 0 Å². The Labute approximate surface area is 108 Å². The Balaban J connectivity index is 3.16. The number of nitrogens with zero attached hydrogens (tertiary/aromatic N) is 2. The normalized spacial score (nSPS) is 11.5. The van der Waals surface area contributed by atoms with Crippen LogP contribution in [-0.4, -0.2) is 30.0 Å². The maximum atomic E-state index is 12.0. The zero-order valence-electron chi connectivity index (χ0n) is 11.5. The summed E-state index contributed by atoms with van der Waals surface area (Å²) in [7, 11) is 3.51. The molecular formula is C12H21N5O. The standard InChI is InChI=1S/C12H21N5O/c1-12(2,3)9-6-8(7-10(14-9)15-13)11(18)16-17(4)5/h6-7H,13H2,1-5H3,(H,14,15)(H,16,18). The third kappa shape index (κ3) is 3.68. The number of carbonyl (C=O) groups is 1. The minimum absolute atomic E-state index is 0.153. The first-order valence-electron chi connectivity index (χ1n) is 5.71. The first kappa shape index (κ1) is 14.4. The molecule has 0 aromatic carbocycles. The molecule has 1 amide bonds. The minimum Gasteiger partial charge on any atom is -0.308 e. The van der Waals surface area contributed by atoms with Crippen molar-refractivity contribution in [2.45, 2.75) is 26.2 Å². The molecule has 0 aliphatic heterocycles. The molecule has 0 saturated carbocycles. The van der Waals surface area contributed by atoms with Gasteiger partial charge < -0.3 is 5.43 Å². The van der Waals surface area contributed by atoms with Crippen LogP contribution >= 0.6 is 0 Å². The summed E-state index contributed by atoms with van der Waals surface area (Å²) in [6, 6.07) is 3.40. The van der Waals surface area contributed by atoms with Crippen molar-refractivity contribution in [3.8, 4) is 0 Å². The van der Waals surface area contributed by atoms with Gasteiger partial charge in [0.1, 0.15) is 5.82 Å². The Kier molecular flexibility index (Phi) is 4.26.